The summed E-state index contributed by atoms with van der Waals surface area (Å²) in [5.41, 5.74) is -2.59. The number of ether oxygens (including phenoxy) is 2. The van der Waals surface area contributed by atoms with Gasteiger partial charge in [-0.25, -0.2) is 4.39 Å². The van der Waals surface area contributed by atoms with E-state index in [1.165, 1.54) is 31.2 Å². The van der Waals surface area contributed by atoms with Crippen molar-refractivity contribution in [2.24, 2.45) is 0 Å². The maximum Gasteiger partial charge on any atom is 0.416 e. The fourth-order valence-corrected chi connectivity index (χ4v) is 5.13. The maximum absolute atomic E-state index is 13.7. The first-order chi connectivity index (χ1) is 19.4. The molecule has 0 unspecified atom stereocenters. The van der Waals surface area contributed by atoms with Crippen molar-refractivity contribution in [3.63, 3.8) is 0 Å². The van der Waals surface area contributed by atoms with Crippen LogP contribution in [0.5, 0.6) is 0 Å². The Bertz CT molecular complexity index is 1190. The number of nitrogens with zero attached hydrogens (tertiary/aromatic N) is 2. The molecule has 2 heterocycles. The number of alkyl halides is 6. The quantitative estimate of drug-likeness (QED) is 0.327. The summed E-state index contributed by atoms with van der Waals surface area (Å²) in [5.74, 6) is 5.74. The van der Waals surface area contributed by atoms with E-state index in [-0.39, 0.29) is 37.4 Å². The Morgan fingerprint density at radius 1 is 0.951 bits per heavy atom. The molecule has 0 bridgehead atoms. The lowest BCUT2D eigenvalue weighted by atomic mass is 10.0. The minimum atomic E-state index is -4.99. The van der Waals surface area contributed by atoms with Gasteiger partial charge in [0.15, 0.2) is 6.29 Å². The minimum Gasteiger partial charge on any atom is -0.395 e. The minimum absolute atomic E-state index is 0.0608. The highest BCUT2D eigenvalue weighted by Crippen LogP contribution is 2.39. The summed E-state index contributed by atoms with van der Waals surface area (Å²) < 4.78 is 106. The monoisotopic (exact) mass is 588 g/mol. The van der Waals surface area contributed by atoms with Crippen LogP contribution in [0.25, 0.3) is 0 Å². The maximum atomic E-state index is 13.7. The van der Waals surface area contributed by atoms with Crippen molar-refractivity contribution in [3.05, 3.63) is 70.5 Å². The van der Waals surface area contributed by atoms with Gasteiger partial charge < -0.3 is 14.6 Å². The summed E-state index contributed by atoms with van der Waals surface area (Å²) in [5, 5.41) is 9.51. The summed E-state index contributed by atoms with van der Waals surface area (Å²) in [7, 11) is 0. The van der Waals surface area contributed by atoms with Gasteiger partial charge in [0.2, 0.25) is 0 Å². The van der Waals surface area contributed by atoms with Gasteiger partial charge in [0.05, 0.1) is 49.6 Å². The van der Waals surface area contributed by atoms with Gasteiger partial charge in [0.1, 0.15) is 5.82 Å². The van der Waals surface area contributed by atoms with Gasteiger partial charge >= 0.3 is 12.4 Å². The third-order valence-electron chi connectivity index (χ3n) is 7.34. The summed E-state index contributed by atoms with van der Waals surface area (Å²) in [6.45, 7) is 3.58. The van der Waals surface area contributed by atoms with Crippen LogP contribution in [0.2, 0.25) is 0 Å². The van der Waals surface area contributed by atoms with E-state index in [1.807, 2.05) is 4.90 Å². The van der Waals surface area contributed by atoms with Crippen LogP contribution in [0.4, 0.5) is 30.7 Å². The second-order valence-corrected chi connectivity index (χ2v) is 10.1. The number of benzene rings is 2. The van der Waals surface area contributed by atoms with Crippen molar-refractivity contribution in [1.29, 1.82) is 0 Å². The van der Waals surface area contributed by atoms with Gasteiger partial charge in [0, 0.05) is 12.6 Å². The second-order valence-electron chi connectivity index (χ2n) is 10.1. The normalized spacial score (nSPS) is 23.3. The topological polar surface area (TPSA) is 45.2 Å². The molecule has 2 saturated heterocycles. The third kappa shape index (κ3) is 7.99. The molecule has 2 aliphatic rings. The van der Waals surface area contributed by atoms with Crippen molar-refractivity contribution in [2.75, 3.05) is 39.4 Å². The van der Waals surface area contributed by atoms with Crippen LogP contribution in [-0.4, -0.2) is 66.6 Å². The Hall–Kier alpha value is -2.69. The highest BCUT2D eigenvalue weighted by molar-refractivity contribution is 5.35. The number of hydrogen-bond donors (Lipinski definition) is 1. The number of aliphatic hydroxyl groups excluding tert-OH is 1. The lowest BCUT2D eigenvalue weighted by molar-refractivity contribution is -0.228. The van der Waals surface area contributed by atoms with Crippen molar-refractivity contribution >= 4 is 0 Å². The van der Waals surface area contributed by atoms with Gasteiger partial charge in [-0.1, -0.05) is 24.0 Å². The summed E-state index contributed by atoms with van der Waals surface area (Å²) >= 11 is 0. The molecule has 5 nitrogen and oxygen atoms in total. The zero-order valence-electron chi connectivity index (χ0n) is 22.3. The number of rotatable bonds is 7. The Morgan fingerprint density at radius 2 is 1.56 bits per heavy atom. The number of likely N-dealkylation sites (tertiary alicyclic amines) is 1. The fraction of sp³-hybridized carbons (Fsp3) is 0.517. The van der Waals surface area contributed by atoms with Crippen LogP contribution in [0.15, 0.2) is 42.5 Å². The molecule has 224 valence electrons. The Morgan fingerprint density at radius 3 is 2.15 bits per heavy atom. The Kier molecular flexibility index (Phi) is 9.97. The van der Waals surface area contributed by atoms with E-state index in [1.54, 1.807) is 0 Å². The molecule has 1 N–H and O–H groups in total. The largest absolute Gasteiger partial charge is 0.416 e. The van der Waals surface area contributed by atoms with Gasteiger partial charge in [-0.15, -0.1) is 0 Å². The molecule has 41 heavy (non-hydrogen) atoms. The third-order valence-corrected chi connectivity index (χ3v) is 7.34. The van der Waals surface area contributed by atoms with Crippen LogP contribution in [0.1, 0.15) is 54.2 Å². The molecule has 2 aromatic rings. The molecule has 0 spiro atoms. The Balaban J connectivity index is 1.57. The smallest absolute Gasteiger partial charge is 0.395 e. The van der Waals surface area contributed by atoms with Gasteiger partial charge in [-0.2, -0.15) is 26.3 Å². The second kappa shape index (κ2) is 13.1. The molecule has 2 aromatic carbocycles. The molecular weight excluding hydrogens is 557 g/mol. The van der Waals surface area contributed by atoms with Gasteiger partial charge in [0.25, 0.3) is 0 Å². The predicted molar refractivity (Wildman–Crippen MR) is 136 cm³/mol. The van der Waals surface area contributed by atoms with E-state index in [0.717, 1.165) is 19.4 Å². The number of aliphatic hydroxyl groups is 1. The first-order valence-corrected chi connectivity index (χ1v) is 13.2. The zero-order valence-corrected chi connectivity index (χ0v) is 22.3. The van der Waals surface area contributed by atoms with Crippen molar-refractivity contribution in [1.82, 2.24) is 9.80 Å². The van der Waals surface area contributed by atoms with Crippen molar-refractivity contribution in [2.45, 2.75) is 56.6 Å². The van der Waals surface area contributed by atoms with Crippen LogP contribution < -0.4 is 0 Å². The van der Waals surface area contributed by atoms with Crippen molar-refractivity contribution in [3.8, 4) is 11.8 Å². The molecule has 2 fully saturated rings. The van der Waals surface area contributed by atoms with Crippen LogP contribution >= 0.6 is 0 Å². The molecule has 0 amide bonds. The Labute approximate surface area is 233 Å². The number of morpholine rings is 1. The first-order valence-electron chi connectivity index (χ1n) is 13.2. The standard InChI is InChI=1S/C29H31F7N2O3/c1-19(21-15-22(28(31,32)33)17-23(16-21)29(34,35)36)41-27-26(20-6-8-24(30)9-7-20)38(13-14-40-27)11-3-2-10-37-12-4-5-25(37)18-39/h6-9,15-17,19,25-27,39H,4-5,10-14,18H2,1H3/t19-,25+,26+,27-/m1/s1. The van der Waals surface area contributed by atoms with E-state index >= 15 is 0 Å². The van der Waals surface area contributed by atoms with Crippen LogP contribution in [0.3, 0.4) is 0 Å². The molecule has 0 radical (unpaired) electrons. The van der Waals surface area contributed by atoms with E-state index in [4.69, 9.17) is 9.47 Å². The summed E-state index contributed by atoms with van der Waals surface area (Å²) in [6.07, 6.45) is -10.4. The van der Waals surface area contributed by atoms with E-state index in [0.29, 0.717) is 30.8 Å². The lowest BCUT2D eigenvalue weighted by Gasteiger charge is -2.41. The molecule has 12 heteroatoms. The van der Waals surface area contributed by atoms with Crippen LogP contribution in [-0.2, 0) is 21.8 Å². The molecule has 2 aliphatic heterocycles. The highest BCUT2D eigenvalue weighted by Gasteiger charge is 2.39. The molecular formula is C29H31F7N2O3. The van der Waals surface area contributed by atoms with E-state index in [9.17, 15) is 35.8 Å². The molecule has 0 aromatic heterocycles. The summed E-state index contributed by atoms with van der Waals surface area (Å²) in [6, 6.07) is 6.31. The zero-order chi connectivity index (χ0) is 29.8. The van der Waals surface area contributed by atoms with Gasteiger partial charge in [-0.3, -0.25) is 9.80 Å². The average Bonchev–Trinajstić information content (AvgIpc) is 3.38. The number of halogens is 7. The highest BCUT2D eigenvalue weighted by atomic mass is 19.4. The predicted octanol–water partition coefficient (Wildman–Crippen LogP) is 5.80. The van der Waals surface area contributed by atoms with E-state index in [2.05, 4.69) is 16.7 Å². The summed E-state index contributed by atoms with van der Waals surface area (Å²) in [4.78, 5) is 4.02. The SMILES string of the molecule is C[C@@H](O[C@H]1OCCN(CC#CCN2CCC[C@H]2CO)[C@H]1c1ccc(F)cc1)c1cc(C(F)(F)F)cc(C(F)(F)F)c1. The van der Waals surface area contributed by atoms with Gasteiger partial charge in [-0.05, 0) is 67.8 Å². The lowest BCUT2D eigenvalue weighted by Crippen LogP contribution is -2.46. The van der Waals surface area contributed by atoms with Crippen molar-refractivity contribution < 1.29 is 45.3 Å². The van der Waals surface area contributed by atoms with Crippen LogP contribution in [0, 0.1) is 17.7 Å². The fourth-order valence-electron chi connectivity index (χ4n) is 5.13. The molecule has 4 rings (SSSR count). The molecule has 0 aliphatic carbocycles. The first kappa shape index (κ1) is 31.3. The average molecular weight is 589 g/mol. The molecule has 4 atom stereocenters. The number of hydrogen-bond acceptors (Lipinski definition) is 5. The molecule has 0 saturated carbocycles. The van der Waals surface area contributed by atoms with E-state index < -0.39 is 47.7 Å².